The highest BCUT2D eigenvalue weighted by Crippen LogP contribution is 2.60. The van der Waals surface area contributed by atoms with Crippen molar-refractivity contribution in [1.29, 1.82) is 0 Å². The molecular formula is C15H17F2NO3. The van der Waals surface area contributed by atoms with Crippen LogP contribution in [0, 0.1) is 11.3 Å². The van der Waals surface area contributed by atoms with Gasteiger partial charge < -0.3 is 10.4 Å². The van der Waals surface area contributed by atoms with Crippen molar-refractivity contribution in [2.45, 2.75) is 32.6 Å². The van der Waals surface area contributed by atoms with Gasteiger partial charge in [0.2, 0.25) is 5.91 Å². The first-order chi connectivity index (χ1) is 9.65. The summed E-state index contributed by atoms with van der Waals surface area (Å²) in [6.07, 6.45) is -0.0562. The molecule has 0 aliphatic heterocycles. The predicted molar refractivity (Wildman–Crippen MR) is 73.2 cm³/mol. The Labute approximate surface area is 121 Å². The van der Waals surface area contributed by atoms with Crippen LogP contribution in [0.1, 0.15) is 25.8 Å². The van der Waals surface area contributed by atoms with Gasteiger partial charge in [0.15, 0.2) is 0 Å². The minimum absolute atomic E-state index is 0.374. The maximum atomic E-state index is 13.1. The summed E-state index contributed by atoms with van der Waals surface area (Å²) >= 11 is 0. The van der Waals surface area contributed by atoms with Gasteiger partial charge in [0, 0.05) is 12.1 Å². The third-order valence-electron chi connectivity index (χ3n) is 3.93. The van der Waals surface area contributed by atoms with E-state index in [1.807, 2.05) is 0 Å². The molecule has 0 spiro atoms. The van der Waals surface area contributed by atoms with E-state index in [9.17, 15) is 18.4 Å². The molecule has 21 heavy (non-hydrogen) atoms. The molecule has 1 aliphatic carbocycles. The van der Waals surface area contributed by atoms with E-state index in [-0.39, 0.29) is 0 Å². The molecule has 0 radical (unpaired) electrons. The Balaban J connectivity index is 1.97. The summed E-state index contributed by atoms with van der Waals surface area (Å²) in [6, 6.07) is 6.54. The van der Waals surface area contributed by atoms with Gasteiger partial charge in [-0.25, -0.2) is 8.78 Å². The molecule has 0 bridgehead atoms. The maximum absolute atomic E-state index is 13.1. The van der Waals surface area contributed by atoms with Gasteiger partial charge in [-0.2, -0.15) is 0 Å². The number of amides is 1. The third kappa shape index (κ3) is 3.04. The van der Waals surface area contributed by atoms with Crippen LogP contribution in [-0.2, 0) is 16.0 Å². The van der Waals surface area contributed by atoms with E-state index in [0.717, 1.165) is 5.56 Å². The molecule has 2 unspecified atom stereocenters. The van der Waals surface area contributed by atoms with Gasteiger partial charge in [-0.15, -0.1) is 0 Å². The van der Waals surface area contributed by atoms with Gasteiger partial charge in [0.25, 0.3) is 5.92 Å². The van der Waals surface area contributed by atoms with Crippen molar-refractivity contribution in [2.75, 3.05) is 5.32 Å². The van der Waals surface area contributed by atoms with Crippen LogP contribution in [0.4, 0.5) is 14.5 Å². The lowest BCUT2D eigenvalue weighted by atomic mass is 10.0. The minimum atomic E-state index is -2.94. The van der Waals surface area contributed by atoms with Crippen molar-refractivity contribution in [3.05, 3.63) is 29.8 Å². The zero-order valence-electron chi connectivity index (χ0n) is 11.8. The highest BCUT2D eigenvalue weighted by atomic mass is 19.3. The van der Waals surface area contributed by atoms with E-state index in [0.29, 0.717) is 12.1 Å². The number of benzene rings is 1. The molecule has 1 saturated carbocycles. The van der Waals surface area contributed by atoms with Gasteiger partial charge in [-0.3, -0.25) is 9.59 Å². The Morgan fingerprint density at radius 1 is 1.33 bits per heavy atom. The van der Waals surface area contributed by atoms with Crippen LogP contribution in [0.3, 0.4) is 0 Å². The average Bonchev–Trinajstić information content (AvgIpc) is 2.92. The molecule has 114 valence electrons. The van der Waals surface area contributed by atoms with Gasteiger partial charge in [0.05, 0.1) is 5.92 Å². The summed E-state index contributed by atoms with van der Waals surface area (Å²) in [6.45, 7) is 2.85. The summed E-state index contributed by atoms with van der Waals surface area (Å²) in [5.41, 5.74) is -0.384. The molecule has 2 atom stereocenters. The van der Waals surface area contributed by atoms with Crippen LogP contribution in [0.2, 0.25) is 0 Å². The summed E-state index contributed by atoms with van der Waals surface area (Å²) in [4.78, 5) is 22.6. The number of carbonyl (C=O) groups excluding carboxylic acids is 1. The van der Waals surface area contributed by atoms with Crippen molar-refractivity contribution < 1.29 is 23.5 Å². The number of nitrogens with one attached hydrogen (secondary N) is 1. The van der Waals surface area contributed by atoms with Crippen molar-refractivity contribution in [3.63, 3.8) is 0 Å². The largest absolute Gasteiger partial charge is 0.481 e. The summed E-state index contributed by atoms with van der Waals surface area (Å²) < 4.78 is 26.2. The first-order valence-corrected chi connectivity index (χ1v) is 6.67. The molecule has 2 rings (SSSR count). The Bertz CT molecular complexity index is 571. The molecule has 1 aromatic rings. The number of carboxylic acid groups (broad SMARTS) is 1. The molecule has 0 saturated heterocycles. The van der Waals surface area contributed by atoms with Crippen molar-refractivity contribution in [1.82, 2.24) is 0 Å². The Hall–Kier alpha value is -1.98. The SMILES string of the molecule is CC(Cc1ccc(NC(=O)C2(C)CC2(F)F)cc1)C(=O)O. The molecule has 2 N–H and O–H groups in total. The highest BCUT2D eigenvalue weighted by Gasteiger charge is 2.72. The lowest BCUT2D eigenvalue weighted by Gasteiger charge is -2.12. The second-order valence-corrected chi connectivity index (χ2v) is 5.81. The number of hydrogen-bond acceptors (Lipinski definition) is 2. The van der Waals surface area contributed by atoms with E-state index in [1.54, 1.807) is 31.2 Å². The third-order valence-corrected chi connectivity index (χ3v) is 3.93. The summed E-state index contributed by atoms with van der Waals surface area (Å²) in [5, 5.41) is 11.3. The zero-order valence-corrected chi connectivity index (χ0v) is 11.8. The van der Waals surface area contributed by atoms with Crippen LogP contribution in [0.25, 0.3) is 0 Å². The Morgan fingerprint density at radius 2 is 1.86 bits per heavy atom. The maximum Gasteiger partial charge on any atom is 0.306 e. The van der Waals surface area contributed by atoms with Gasteiger partial charge >= 0.3 is 5.97 Å². The van der Waals surface area contributed by atoms with Crippen molar-refractivity contribution in [3.8, 4) is 0 Å². The first-order valence-electron chi connectivity index (χ1n) is 6.67. The topological polar surface area (TPSA) is 66.4 Å². The minimum Gasteiger partial charge on any atom is -0.481 e. The predicted octanol–water partition coefficient (Wildman–Crippen LogP) is 2.93. The van der Waals surface area contributed by atoms with Crippen LogP contribution in [-0.4, -0.2) is 22.9 Å². The van der Waals surface area contributed by atoms with E-state index in [4.69, 9.17) is 5.11 Å². The number of halogens is 2. The molecule has 1 aromatic carbocycles. The molecule has 1 amide bonds. The van der Waals surface area contributed by atoms with Crippen molar-refractivity contribution >= 4 is 17.6 Å². The fourth-order valence-electron chi connectivity index (χ4n) is 2.08. The van der Waals surface area contributed by atoms with Crippen LogP contribution in [0.5, 0.6) is 0 Å². The molecule has 0 heterocycles. The quantitative estimate of drug-likeness (QED) is 0.878. The van der Waals surface area contributed by atoms with E-state index >= 15 is 0 Å². The molecule has 1 aliphatic rings. The number of hydrogen-bond donors (Lipinski definition) is 2. The second-order valence-electron chi connectivity index (χ2n) is 5.81. The number of anilines is 1. The molecule has 4 nitrogen and oxygen atoms in total. The Kier molecular flexibility index (Phi) is 3.74. The number of rotatable bonds is 5. The van der Waals surface area contributed by atoms with Crippen LogP contribution in [0.15, 0.2) is 24.3 Å². The molecular weight excluding hydrogens is 280 g/mol. The monoisotopic (exact) mass is 297 g/mol. The van der Waals surface area contributed by atoms with E-state index in [1.165, 1.54) is 6.92 Å². The normalized spacial score (nSPS) is 24.2. The standard InChI is InChI=1S/C15H17F2NO3/c1-9(12(19)20)7-10-3-5-11(6-4-10)18-13(21)14(2)8-15(14,16)17/h3-6,9H,7-8H2,1-2H3,(H,18,21)(H,19,20). The Morgan fingerprint density at radius 3 is 2.29 bits per heavy atom. The smallest absolute Gasteiger partial charge is 0.306 e. The van der Waals surface area contributed by atoms with E-state index in [2.05, 4.69) is 5.32 Å². The second kappa shape index (κ2) is 5.09. The van der Waals surface area contributed by atoms with Crippen LogP contribution < -0.4 is 5.32 Å². The first kappa shape index (κ1) is 15.4. The zero-order chi connectivity index (χ0) is 15.8. The number of carbonyl (C=O) groups is 2. The molecule has 1 fully saturated rings. The average molecular weight is 297 g/mol. The fourth-order valence-corrected chi connectivity index (χ4v) is 2.08. The molecule has 0 aromatic heterocycles. The van der Waals surface area contributed by atoms with Gasteiger partial charge in [0.1, 0.15) is 5.41 Å². The fraction of sp³-hybridized carbons (Fsp3) is 0.467. The lowest BCUT2D eigenvalue weighted by Crippen LogP contribution is -2.26. The highest BCUT2D eigenvalue weighted by molar-refractivity contribution is 5.98. The van der Waals surface area contributed by atoms with Crippen molar-refractivity contribution in [2.24, 2.45) is 11.3 Å². The number of aliphatic carboxylic acids is 1. The summed E-state index contributed by atoms with van der Waals surface area (Å²) in [5.74, 6) is -5.02. The lowest BCUT2D eigenvalue weighted by molar-refractivity contribution is -0.141. The van der Waals surface area contributed by atoms with Crippen LogP contribution >= 0.6 is 0 Å². The molecule has 6 heteroatoms. The number of alkyl halides is 2. The number of carboxylic acids is 1. The van der Waals surface area contributed by atoms with Gasteiger partial charge in [-0.05, 0) is 31.0 Å². The van der Waals surface area contributed by atoms with E-state index < -0.39 is 35.6 Å². The van der Waals surface area contributed by atoms with Gasteiger partial charge in [-0.1, -0.05) is 19.1 Å². The summed E-state index contributed by atoms with van der Waals surface area (Å²) in [7, 11) is 0.